The maximum atomic E-state index is 6.75. The second-order valence-corrected chi connectivity index (χ2v) is 13.9. The summed E-state index contributed by atoms with van der Waals surface area (Å²) in [5.74, 6) is 0.987. The highest BCUT2D eigenvalue weighted by molar-refractivity contribution is 6.74. The van der Waals surface area contributed by atoms with Crippen molar-refractivity contribution in [3.8, 4) is 5.75 Å². The third kappa shape index (κ3) is 3.20. The van der Waals surface area contributed by atoms with Crippen molar-refractivity contribution in [1.82, 2.24) is 9.38 Å². The van der Waals surface area contributed by atoms with Gasteiger partial charge >= 0.3 is 0 Å². The molecule has 2 heterocycles. The molecule has 0 saturated carbocycles. The molecular weight excluding hydrogens is 348 g/mol. The summed E-state index contributed by atoms with van der Waals surface area (Å²) in [6, 6.07) is 10.7. The molecule has 3 nitrogen and oxygen atoms in total. The van der Waals surface area contributed by atoms with Crippen molar-refractivity contribution in [1.29, 1.82) is 0 Å². The average Bonchev–Trinajstić information content (AvgIpc) is 3.00. The summed E-state index contributed by atoms with van der Waals surface area (Å²) in [4.78, 5) is 4.72. The normalized spacial score (nSPS) is 16.0. The molecule has 142 valence electrons. The first-order valence-electron chi connectivity index (χ1n) is 10.1. The standard InChI is InChI=1S/C23H30N2OSi/c1-23(2,3)27(4,5)26-22-15-20(17-11-7-6-8-12-17)25-19-14-10-9-13-18(19)24-16-21(22)25/h9-11,13-16H,6-8,12H2,1-5H3. The molecule has 0 N–H and O–H groups in total. The van der Waals surface area contributed by atoms with Crippen molar-refractivity contribution in [2.45, 2.75) is 64.6 Å². The highest BCUT2D eigenvalue weighted by atomic mass is 28.4. The Labute approximate surface area is 163 Å². The van der Waals surface area contributed by atoms with Gasteiger partial charge < -0.3 is 8.83 Å². The number of fused-ring (bicyclic) bond motifs is 3. The van der Waals surface area contributed by atoms with E-state index in [0.717, 1.165) is 28.7 Å². The van der Waals surface area contributed by atoms with Gasteiger partial charge in [-0.1, -0.05) is 39.0 Å². The number of benzene rings is 1. The Morgan fingerprint density at radius 1 is 1.07 bits per heavy atom. The highest BCUT2D eigenvalue weighted by Crippen LogP contribution is 2.41. The lowest BCUT2D eigenvalue weighted by Crippen LogP contribution is -2.43. The molecule has 2 aromatic heterocycles. The Morgan fingerprint density at radius 2 is 1.85 bits per heavy atom. The summed E-state index contributed by atoms with van der Waals surface area (Å²) >= 11 is 0. The first-order valence-corrected chi connectivity index (χ1v) is 13.0. The van der Waals surface area contributed by atoms with E-state index in [1.165, 1.54) is 30.5 Å². The first-order chi connectivity index (χ1) is 12.8. The Morgan fingerprint density at radius 3 is 2.56 bits per heavy atom. The molecule has 0 unspecified atom stereocenters. The van der Waals surface area contributed by atoms with Crippen LogP contribution in [-0.2, 0) is 0 Å². The molecule has 0 radical (unpaired) electrons. The minimum absolute atomic E-state index is 0.163. The topological polar surface area (TPSA) is 26.5 Å². The van der Waals surface area contributed by atoms with Gasteiger partial charge in [0.05, 0.1) is 22.9 Å². The highest BCUT2D eigenvalue weighted by Gasteiger charge is 2.39. The van der Waals surface area contributed by atoms with Gasteiger partial charge in [0.2, 0.25) is 0 Å². The number of aromatic nitrogens is 2. The van der Waals surface area contributed by atoms with Gasteiger partial charge in [-0.25, -0.2) is 0 Å². The molecule has 0 saturated heterocycles. The molecule has 0 spiro atoms. The van der Waals surface area contributed by atoms with Crippen molar-refractivity contribution in [3.63, 3.8) is 0 Å². The molecule has 0 bridgehead atoms. The van der Waals surface area contributed by atoms with Crippen LogP contribution in [0.3, 0.4) is 0 Å². The van der Waals surface area contributed by atoms with Crippen LogP contribution >= 0.6 is 0 Å². The van der Waals surface area contributed by atoms with E-state index in [1.54, 1.807) is 0 Å². The largest absolute Gasteiger partial charge is 0.542 e. The zero-order valence-corrected chi connectivity index (χ0v) is 18.2. The first kappa shape index (κ1) is 18.3. The number of nitrogens with zero attached hydrogens (tertiary/aromatic N) is 2. The molecular formula is C23H30N2OSi. The molecule has 4 rings (SSSR count). The fourth-order valence-corrected chi connectivity index (χ4v) is 4.61. The zero-order valence-electron chi connectivity index (χ0n) is 17.2. The number of hydrogen-bond donors (Lipinski definition) is 0. The van der Waals surface area contributed by atoms with Gasteiger partial charge in [0.15, 0.2) is 0 Å². The molecule has 0 fully saturated rings. The second kappa shape index (κ2) is 6.52. The van der Waals surface area contributed by atoms with Gasteiger partial charge in [-0.3, -0.25) is 4.98 Å². The summed E-state index contributed by atoms with van der Waals surface area (Å²) in [6.45, 7) is 11.5. The van der Waals surface area contributed by atoms with Crippen LogP contribution in [-0.4, -0.2) is 17.7 Å². The van der Waals surface area contributed by atoms with Gasteiger partial charge in [-0.2, -0.15) is 0 Å². The summed E-state index contributed by atoms with van der Waals surface area (Å²) in [7, 11) is -1.93. The van der Waals surface area contributed by atoms with Crippen molar-refractivity contribution < 1.29 is 4.43 Å². The summed E-state index contributed by atoms with van der Waals surface area (Å²) < 4.78 is 9.11. The van der Waals surface area contributed by atoms with E-state index in [9.17, 15) is 0 Å². The third-order valence-corrected chi connectivity index (χ3v) is 10.6. The third-order valence-electron chi connectivity index (χ3n) is 6.24. The van der Waals surface area contributed by atoms with E-state index in [0.29, 0.717) is 0 Å². The number of rotatable bonds is 3. The molecule has 1 aliphatic rings. The van der Waals surface area contributed by atoms with Gasteiger partial charge in [-0.15, -0.1) is 0 Å². The molecule has 0 atom stereocenters. The van der Waals surface area contributed by atoms with E-state index in [-0.39, 0.29) is 5.04 Å². The van der Waals surface area contributed by atoms with Crippen molar-refractivity contribution in [3.05, 3.63) is 48.3 Å². The lowest BCUT2D eigenvalue weighted by molar-refractivity contribution is 0.496. The number of hydrogen-bond acceptors (Lipinski definition) is 2. The Hall–Kier alpha value is -2.07. The van der Waals surface area contributed by atoms with Crippen LogP contribution in [0.2, 0.25) is 18.1 Å². The van der Waals surface area contributed by atoms with Gasteiger partial charge in [0.25, 0.3) is 8.32 Å². The molecule has 4 heteroatoms. The summed E-state index contributed by atoms with van der Waals surface area (Å²) in [6.07, 6.45) is 9.27. The predicted octanol–water partition coefficient (Wildman–Crippen LogP) is 6.83. The van der Waals surface area contributed by atoms with E-state index < -0.39 is 8.32 Å². The maximum absolute atomic E-state index is 6.75. The number of allylic oxidation sites excluding steroid dienone is 2. The smallest absolute Gasteiger partial charge is 0.250 e. The Bertz CT molecular complexity index is 1020. The minimum Gasteiger partial charge on any atom is -0.542 e. The molecule has 27 heavy (non-hydrogen) atoms. The van der Waals surface area contributed by atoms with E-state index >= 15 is 0 Å². The van der Waals surface area contributed by atoms with E-state index in [4.69, 9.17) is 9.41 Å². The Balaban J connectivity index is 1.96. The van der Waals surface area contributed by atoms with E-state index in [2.05, 4.69) is 74.7 Å². The van der Waals surface area contributed by atoms with Crippen molar-refractivity contribution in [2.75, 3.05) is 0 Å². The van der Waals surface area contributed by atoms with Crippen LogP contribution in [0, 0.1) is 0 Å². The van der Waals surface area contributed by atoms with Gasteiger partial charge in [0.1, 0.15) is 11.3 Å². The fourth-order valence-electron chi connectivity index (χ4n) is 3.59. The average molecular weight is 379 g/mol. The van der Waals surface area contributed by atoms with Crippen LogP contribution in [0.25, 0.3) is 22.1 Å². The predicted molar refractivity (Wildman–Crippen MR) is 117 cm³/mol. The molecule has 1 aliphatic carbocycles. The second-order valence-electron chi connectivity index (χ2n) is 9.20. The monoisotopic (exact) mass is 378 g/mol. The van der Waals surface area contributed by atoms with Gasteiger partial charge in [0, 0.05) is 6.07 Å². The Kier molecular flexibility index (Phi) is 4.42. The van der Waals surface area contributed by atoms with Crippen molar-refractivity contribution in [2.24, 2.45) is 0 Å². The van der Waals surface area contributed by atoms with Crippen LogP contribution < -0.4 is 4.43 Å². The van der Waals surface area contributed by atoms with E-state index in [1.807, 2.05) is 6.20 Å². The lowest BCUT2D eigenvalue weighted by Gasteiger charge is -2.36. The quantitative estimate of drug-likeness (QED) is 0.467. The van der Waals surface area contributed by atoms with Crippen LogP contribution in [0.4, 0.5) is 0 Å². The molecule has 0 amide bonds. The molecule has 3 aromatic rings. The molecule has 1 aromatic carbocycles. The SMILES string of the molecule is CC(C)(C)[Si](C)(C)Oc1cc(C2=CCCCC2)n2c1cnc1ccccc12. The number of para-hydroxylation sites is 2. The molecule has 0 aliphatic heterocycles. The van der Waals surface area contributed by atoms with Gasteiger partial charge in [-0.05, 0) is 61.5 Å². The maximum Gasteiger partial charge on any atom is 0.250 e. The zero-order chi connectivity index (χ0) is 19.2. The van der Waals surface area contributed by atoms with Crippen molar-refractivity contribution >= 4 is 30.4 Å². The lowest BCUT2D eigenvalue weighted by atomic mass is 9.97. The summed E-state index contributed by atoms with van der Waals surface area (Å²) in [5, 5.41) is 0.163. The van der Waals surface area contributed by atoms with Crippen LogP contribution in [0.1, 0.15) is 52.1 Å². The van der Waals surface area contributed by atoms with Crippen LogP contribution in [0.5, 0.6) is 5.75 Å². The fraction of sp³-hybridized carbons (Fsp3) is 0.435. The minimum atomic E-state index is -1.93. The van der Waals surface area contributed by atoms with Crippen LogP contribution in [0.15, 0.2) is 42.6 Å². The summed E-state index contributed by atoms with van der Waals surface area (Å²) in [5.41, 5.74) is 5.98.